The normalized spacial score (nSPS) is 25.4. The monoisotopic (exact) mass is 314 g/mol. The second-order valence-corrected chi connectivity index (χ2v) is 6.63. The third-order valence-corrected chi connectivity index (χ3v) is 4.05. The van der Waals surface area contributed by atoms with Crippen LogP contribution < -0.4 is 0 Å². The standard InChI is InChI=1S/C16H20Cl2O2/c1-6-8-10(3)12(7-2)20-15(19)14-11(9-13(17)18)16(14,4)5/h2,8-9,11-12,14H,6H2,1,3-5H3/t11-,12?,14?/m1/s1. The topological polar surface area (TPSA) is 26.3 Å². The van der Waals surface area contributed by atoms with Gasteiger partial charge in [-0.3, -0.25) is 4.79 Å². The number of rotatable bonds is 5. The summed E-state index contributed by atoms with van der Waals surface area (Å²) in [5.74, 6) is 1.96. The minimum Gasteiger partial charge on any atom is -0.444 e. The Labute approximate surface area is 131 Å². The quantitative estimate of drug-likeness (QED) is 0.425. The molecule has 1 rings (SSSR count). The third kappa shape index (κ3) is 3.81. The van der Waals surface area contributed by atoms with Crippen LogP contribution in [0.25, 0.3) is 0 Å². The van der Waals surface area contributed by atoms with Crippen LogP contribution in [0.15, 0.2) is 22.2 Å². The molecule has 0 aromatic carbocycles. The predicted octanol–water partition coefficient (Wildman–Crippen LogP) is 4.48. The molecule has 0 amide bonds. The van der Waals surface area contributed by atoms with E-state index in [-0.39, 0.29) is 27.7 Å². The predicted molar refractivity (Wildman–Crippen MR) is 83.3 cm³/mol. The molecule has 0 heterocycles. The van der Waals surface area contributed by atoms with Crippen molar-refractivity contribution in [2.24, 2.45) is 17.3 Å². The molecule has 20 heavy (non-hydrogen) atoms. The van der Waals surface area contributed by atoms with E-state index in [9.17, 15) is 4.79 Å². The summed E-state index contributed by atoms with van der Waals surface area (Å²) in [6.07, 6.45) is 9.33. The molecule has 0 bridgehead atoms. The number of carbonyl (C=O) groups is 1. The maximum atomic E-state index is 12.2. The van der Waals surface area contributed by atoms with Crippen molar-refractivity contribution in [3.8, 4) is 12.3 Å². The Morgan fingerprint density at radius 3 is 2.55 bits per heavy atom. The Hall–Kier alpha value is -0.910. The fourth-order valence-corrected chi connectivity index (χ4v) is 2.72. The lowest BCUT2D eigenvalue weighted by Crippen LogP contribution is -2.20. The zero-order valence-corrected chi connectivity index (χ0v) is 13.8. The van der Waals surface area contributed by atoms with Crippen molar-refractivity contribution >= 4 is 29.2 Å². The molecular formula is C16H20Cl2O2. The molecule has 0 aliphatic heterocycles. The molecule has 0 saturated heterocycles. The first-order valence-corrected chi connectivity index (χ1v) is 7.37. The van der Waals surface area contributed by atoms with Crippen molar-refractivity contribution in [3.05, 3.63) is 22.2 Å². The average Bonchev–Trinajstić information content (AvgIpc) is 2.86. The van der Waals surface area contributed by atoms with Crippen LogP contribution in [-0.2, 0) is 9.53 Å². The number of terminal acetylenes is 1. The number of hydrogen-bond donors (Lipinski definition) is 0. The Morgan fingerprint density at radius 1 is 1.50 bits per heavy atom. The van der Waals surface area contributed by atoms with E-state index in [0.717, 1.165) is 12.0 Å². The highest BCUT2D eigenvalue weighted by Gasteiger charge is 2.61. The zero-order chi connectivity index (χ0) is 15.5. The van der Waals surface area contributed by atoms with Crippen LogP contribution in [0.5, 0.6) is 0 Å². The molecule has 1 saturated carbocycles. The highest BCUT2D eigenvalue weighted by atomic mass is 35.5. The molecule has 0 radical (unpaired) electrons. The van der Waals surface area contributed by atoms with Gasteiger partial charge in [0.2, 0.25) is 0 Å². The molecule has 1 aliphatic rings. The number of carbonyl (C=O) groups excluding carboxylic acids is 1. The van der Waals surface area contributed by atoms with Gasteiger partial charge in [-0.2, -0.15) is 0 Å². The van der Waals surface area contributed by atoms with Crippen LogP contribution in [0.2, 0.25) is 0 Å². The van der Waals surface area contributed by atoms with Crippen LogP contribution >= 0.6 is 23.2 Å². The van der Waals surface area contributed by atoms with Gasteiger partial charge in [0.25, 0.3) is 0 Å². The maximum Gasteiger partial charge on any atom is 0.311 e. The maximum absolute atomic E-state index is 12.2. The van der Waals surface area contributed by atoms with Crippen molar-refractivity contribution in [3.63, 3.8) is 0 Å². The zero-order valence-electron chi connectivity index (χ0n) is 12.2. The smallest absolute Gasteiger partial charge is 0.311 e. The minimum absolute atomic E-state index is 0.00566. The molecule has 110 valence electrons. The molecule has 4 heteroatoms. The first kappa shape index (κ1) is 17.1. The van der Waals surface area contributed by atoms with Crippen molar-refractivity contribution in [2.75, 3.05) is 0 Å². The fourth-order valence-electron chi connectivity index (χ4n) is 2.45. The highest BCUT2D eigenvalue weighted by molar-refractivity contribution is 6.55. The van der Waals surface area contributed by atoms with E-state index in [0.29, 0.717) is 0 Å². The number of hydrogen-bond acceptors (Lipinski definition) is 2. The molecule has 2 nitrogen and oxygen atoms in total. The summed E-state index contributed by atoms with van der Waals surface area (Å²) < 4.78 is 5.60. The molecule has 1 fully saturated rings. The molecule has 0 N–H and O–H groups in total. The summed E-state index contributed by atoms with van der Waals surface area (Å²) in [6.45, 7) is 7.84. The second-order valence-electron chi connectivity index (χ2n) is 5.62. The summed E-state index contributed by atoms with van der Waals surface area (Å²) in [5.41, 5.74) is 0.678. The van der Waals surface area contributed by atoms with Gasteiger partial charge in [-0.25, -0.2) is 0 Å². The SMILES string of the molecule is C#CC(OC(=O)C1[C@@H](C=C(Cl)Cl)C1(C)C)C(C)=CCC. The van der Waals surface area contributed by atoms with Gasteiger partial charge in [0.15, 0.2) is 6.10 Å². The van der Waals surface area contributed by atoms with Crippen molar-refractivity contribution in [1.82, 2.24) is 0 Å². The average molecular weight is 315 g/mol. The minimum atomic E-state index is -0.602. The van der Waals surface area contributed by atoms with Gasteiger partial charge in [-0.15, -0.1) is 6.42 Å². The summed E-state index contributed by atoms with van der Waals surface area (Å²) in [7, 11) is 0. The lowest BCUT2D eigenvalue weighted by atomic mass is 10.1. The van der Waals surface area contributed by atoms with Crippen LogP contribution in [-0.4, -0.2) is 12.1 Å². The van der Waals surface area contributed by atoms with E-state index in [4.69, 9.17) is 34.4 Å². The number of ether oxygens (including phenoxy) is 1. The lowest BCUT2D eigenvalue weighted by molar-refractivity contribution is -0.147. The van der Waals surface area contributed by atoms with Gasteiger partial charge in [-0.1, -0.05) is 56.0 Å². The molecular weight excluding hydrogens is 295 g/mol. The van der Waals surface area contributed by atoms with Crippen LogP contribution in [0, 0.1) is 29.6 Å². The summed E-state index contributed by atoms with van der Waals surface area (Å²) in [5, 5.41) is 0. The number of halogens is 2. The van der Waals surface area contributed by atoms with Crippen LogP contribution in [0.4, 0.5) is 0 Å². The van der Waals surface area contributed by atoms with Crippen LogP contribution in [0.1, 0.15) is 34.1 Å². The summed E-state index contributed by atoms with van der Waals surface area (Å²) >= 11 is 11.3. The van der Waals surface area contributed by atoms with Crippen molar-refractivity contribution < 1.29 is 9.53 Å². The van der Waals surface area contributed by atoms with E-state index < -0.39 is 6.10 Å². The Bertz CT molecular complexity index is 479. The Kier molecular flexibility index (Phi) is 5.74. The van der Waals surface area contributed by atoms with Crippen molar-refractivity contribution in [2.45, 2.75) is 40.2 Å². The van der Waals surface area contributed by atoms with E-state index in [1.54, 1.807) is 6.08 Å². The van der Waals surface area contributed by atoms with E-state index >= 15 is 0 Å². The van der Waals surface area contributed by atoms with E-state index in [2.05, 4.69) is 5.92 Å². The van der Waals surface area contributed by atoms with Gasteiger partial charge < -0.3 is 4.74 Å². The van der Waals surface area contributed by atoms with Gasteiger partial charge in [-0.05, 0) is 36.3 Å². The first-order chi connectivity index (χ1) is 9.25. The van der Waals surface area contributed by atoms with Gasteiger partial charge in [0.1, 0.15) is 4.49 Å². The molecule has 0 spiro atoms. The molecule has 3 atom stereocenters. The van der Waals surface area contributed by atoms with E-state index in [1.165, 1.54) is 0 Å². The third-order valence-electron chi connectivity index (χ3n) is 3.80. The first-order valence-electron chi connectivity index (χ1n) is 6.61. The summed E-state index contributed by atoms with van der Waals surface area (Å²) in [4.78, 5) is 12.2. The number of allylic oxidation sites excluding steroid dienone is 2. The molecule has 0 aromatic heterocycles. The van der Waals surface area contributed by atoms with Crippen molar-refractivity contribution in [1.29, 1.82) is 0 Å². The molecule has 0 aromatic rings. The van der Waals surface area contributed by atoms with Gasteiger partial charge in [0, 0.05) is 0 Å². The summed E-state index contributed by atoms with van der Waals surface area (Å²) in [6, 6.07) is 0. The lowest BCUT2D eigenvalue weighted by Gasteiger charge is -2.13. The fraction of sp³-hybridized carbons (Fsp3) is 0.562. The molecule has 2 unspecified atom stereocenters. The highest BCUT2D eigenvalue weighted by Crippen LogP contribution is 2.60. The Balaban J connectivity index is 2.76. The van der Waals surface area contributed by atoms with Crippen LogP contribution in [0.3, 0.4) is 0 Å². The molecule has 1 aliphatic carbocycles. The second kappa shape index (κ2) is 6.70. The van der Waals surface area contributed by atoms with E-state index in [1.807, 2.05) is 33.8 Å². The van der Waals surface area contributed by atoms with Gasteiger partial charge in [0.05, 0.1) is 5.92 Å². The largest absolute Gasteiger partial charge is 0.444 e. The van der Waals surface area contributed by atoms with Gasteiger partial charge >= 0.3 is 5.97 Å². The Morgan fingerprint density at radius 2 is 2.10 bits per heavy atom. The number of esters is 1.